The standard InChI is InChI=1S/C8H7ClFN/c9-6-1-2-7(10)5-3-4-11-8(5)6/h1-2,11H,3-4H2. The molecule has 0 aromatic heterocycles. The quantitative estimate of drug-likeness (QED) is 0.632. The van der Waals surface area contributed by atoms with E-state index < -0.39 is 0 Å². The van der Waals surface area contributed by atoms with E-state index >= 15 is 0 Å². The van der Waals surface area contributed by atoms with Crippen LogP contribution in [0.2, 0.25) is 5.02 Å². The number of hydrogen-bond acceptors (Lipinski definition) is 1. The molecule has 0 saturated heterocycles. The van der Waals surface area contributed by atoms with Gasteiger partial charge in [-0.05, 0) is 18.6 Å². The molecule has 58 valence electrons. The van der Waals surface area contributed by atoms with E-state index in [4.69, 9.17) is 11.6 Å². The Labute approximate surface area is 69.2 Å². The molecule has 0 saturated carbocycles. The summed E-state index contributed by atoms with van der Waals surface area (Å²) in [6.45, 7) is 0.788. The van der Waals surface area contributed by atoms with Crippen molar-refractivity contribution in [2.24, 2.45) is 0 Å². The van der Waals surface area contributed by atoms with Crippen molar-refractivity contribution in [1.82, 2.24) is 0 Å². The van der Waals surface area contributed by atoms with Crippen molar-refractivity contribution in [3.05, 3.63) is 28.5 Å². The number of halogens is 2. The van der Waals surface area contributed by atoms with Gasteiger partial charge < -0.3 is 5.32 Å². The predicted molar refractivity (Wildman–Crippen MR) is 43.6 cm³/mol. The summed E-state index contributed by atoms with van der Waals surface area (Å²) < 4.78 is 13.0. The van der Waals surface area contributed by atoms with Crippen molar-refractivity contribution in [2.75, 3.05) is 11.9 Å². The Kier molecular flexibility index (Phi) is 1.50. The van der Waals surface area contributed by atoms with Gasteiger partial charge in [-0.3, -0.25) is 0 Å². The highest BCUT2D eigenvalue weighted by Crippen LogP contribution is 2.31. The molecule has 1 N–H and O–H groups in total. The zero-order valence-electron chi connectivity index (χ0n) is 5.82. The molecule has 0 bridgehead atoms. The molecule has 11 heavy (non-hydrogen) atoms. The first-order valence-electron chi connectivity index (χ1n) is 3.50. The lowest BCUT2D eigenvalue weighted by Crippen LogP contribution is -1.91. The minimum absolute atomic E-state index is 0.158. The van der Waals surface area contributed by atoms with Crippen molar-refractivity contribution < 1.29 is 4.39 Å². The molecule has 1 heterocycles. The third-order valence-electron chi connectivity index (χ3n) is 1.88. The Balaban J connectivity index is 2.64. The van der Waals surface area contributed by atoms with Crippen molar-refractivity contribution in [3.63, 3.8) is 0 Å². The van der Waals surface area contributed by atoms with Crippen molar-refractivity contribution in [3.8, 4) is 0 Å². The van der Waals surface area contributed by atoms with Crippen LogP contribution in [0.3, 0.4) is 0 Å². The number of anilines is 1. The van der Waals surface area contributed by atoms with Gasteiger partial charge in [-0.2, -0.15) is 0 Å². The Morgan fingerprint density at radius 2 is 2.27 bits per heavy atom. The number of benzene rings is 1. The smallest absolute Gasteiger partial charge is 0.128 e. The van der Waals surface area contributed by atoms with Gasteiger partial charge >= 0.3 is 0 Å². The molecular formula is C8H7ClFN. The van der Waals surface area contributed by atoms with Crippen LogP contribution in [0, 0.1) is 5.82 Å². The normalized spacial score (nSPS) is 14.4. The number of rotatable bonds is 0. The molecule has 2 rings (SSSR count). The molecule has 1 aliphatic heterocycles. The largest absolute Gasteiger partial charge is 0.383 e. The first-order chi connectivity index (χ1) is 5.29. The van der Waals surface area contributed by atoms with Crippen LogP contribution in [0.1, 0.15) is 5.56 Å². The fourth-order valence-corrected chi connectivity index (χ4v) is 1.59. The minimum atomic E-state index is -0.158. The van der Waals surface area contributed by atoms with Crippen LogP contribution in [0.5, 0.6) is 0 Å². The van der Waals surface area contributed by atoms with Crippen LogP contribution in [0.4, 0.5) is 10.1 Å². The summed E-state index contributed by atoms with van der Waals surface area (Å²) in [6, 6.07) is 2.99. The summed E-state index contributed by atoms with van der Waals surface area (Å²) >= 11 is 5.81. The molecule has 0 spiro atoms. The monoisotopic (exact) mass is 171 g/mol. The first-order valence-corrected chi connectivity index (χ1v) is 3.87. The molecule has 1 aliphatic rings. The zero-order valence-corrected chi connectivity index (χ0v) is 6.58. The highest BCUT2D eigenvalue weighted by atomic mass is 35.5. The Morgan fingerprint density at radius 1 is 1.45 bits per heavy atom. The van der Waals surface area contributed by atoms with Crippen LogP contribution in [0.25, 0.3) is 0 Å². The molecule has 0 unspecified atom stereocenters. The topological polar surface area (TPSA) is 12.0 Å². The van der Waals surface area contributed by atoms with Crippen LogP contribution in [0.15, 0.2) is 12.1 Å². The zero-order chi connectivity index (χ0) is 7.84. The Morgan fingerprint density at radius 3 is 3.00 bits per heavy atom. The van der Waals surface area contributed by atoms with Gasteiger partial charge in [-0.15, -0.1) is 0 Å². The Bertz CT molecular complexity index is 269. The van der Waals surface area contributed by atoms with Crippen molar-refractivity contribution >= 4 is 17.3 Å². The highest BCUT2D eigenvalue weighted by molar-refractivity contribution is 6.33. The van der Waals surface area contributed by atoms with Crippen LogP contribution in [-0.2, 0) is 6.42 Å². The molecule has 0 fully saturated rings. The lowest BCUT2D eigenvalue weighted by Gasteiger charge is -2.01. The van der Waals surface area contributed by atoms with Gasteiger partial charge in [-0.1, -0.05) is 11.6 Å². The summed E-state index contributed by atoms with van der Waals surface area (Å²) in [6.07, 6.45) is 0.738. The second-order valence-corrected chi connectivity index (χ2v) is 2.97. The third kappa shape index (κ3) is 0.979. The average Bonchev–Trinajstić information content (AvgIpc) is 2.45. The fourth-order valence-electron chi connectivity index (χ4n) is 1.34. The van der Waals surface area contributed by atoms with E-state index in [-0.39, 0.29) is 5.82 Å². The van der Waals surface area contributed by atoms with Crippen LogP contribution >= 0.6 is 11.6 Å². The molecule has 1 aromatic carbocycles. The molecule has 0 atom stereocenters. The molecule has 1 nitrogen and oxygen atoms in total. The second kappa shape index (κ2) is 2.38. The fraction of sp³-hybridized carbons (Fsp3) is 0.250. The lowest BCUT2D eigenvalue weighted by molar-refractivity contribution is 0.615. The predicted octanol–water partition coefficient (Wildman–Crippen LogP) is 2.45. The molecule has 0 aliphatic carbocycles. The maximum atomic E-state index is 13.0. The highest BCUT2D eigenvalue weighted by Gasteiger charge is 2.16. The summed E-state index contributed by atoms with van der Waals surface area (Å²) in [7, 11) is 0. The molecule has 3 heteroatoms. The summed E-state index contributed by atoms with van der Waals surface area (Å²) in [5.41, 5.74) is 1.49. The SMILES string of the molecule is Fc1ccc(Cl)c2c1CCN2. The maximum Gasteiger partial charge on any atom is 0.128 e. The molecule has 1 aromatic rings. The molecule has 0 amide bonds. The van der Waals surface area contributed by atoms with Crippen LogP contribution < -0.4 is 5.32 Å². The summed E-state index contributed by atoms with van der Waals surface area (Å²) in [5, 5.41) is 3.65. The van der Waals surface area contributed by atoms with Gasteiger partial charge in [0.2, 0.25) is 0 Å². The van der Waals surface area contributed by atoms with E-state index in [0.717, 1.165) is 24.2 Å². The van der Waals surface area contributed by atoms with Gasteiger partial charge in [0.1, 0.15) is 5.82 Å². The van der Waals surface area contributed by atoms with E-state index in [2.05, 4.69) is 5.32 Å². The Hall–Kier alpha value is -0.760. The van der Waals surface area contributed by atoms with E-state index in [1.807, 2.05) is 0 Å². The molecular weight excluding hydrogens is 165 g/mol. The van der Waals surface area contributed by atoms with E-state index in [1.54, 1.807) is 6.07 Å². The minimum Gasteiger partial charge on any atom is -0.383 e. The van der Waals surface area contributed by atoms with Gasteiger partial charge in [0, 0.05) is 12.1 Å². The first kappa shape index (κ1) is 6.92. The maximum absolute atomic E-state index is 13.0. The second-order valence-electron chi connectivity index (χ2n) is 2.56. The van der Waals surface area contributed by atoms with Gasteiger partial charge in [-0.25, -0.2) is 4.39 Å². The van der Waals surface area contributed by atoms with E-state index in [0.29, 0.717) is 5.02 Å². The average molecular weight is 172 g/mol. The van der Waals surface area contributed by atoms with Gasteiger partial charge in [0.15, 0.2) is 0 Å². The van der Waals surface area contributed by atoms with Gasteiger partial charge in [0.05, 0.1) is 10.7 Å². The summed E-state index contributed by atoms with van der Waals surface area (Å²) in [5.74, 6) is -0.158. The molecule has 0 radical (unpaired) electrons. The van der Waals surface area contributed by atoms with Gasteiger partial charge in [0.25, 0.3) is 0 Å². The van der Waals surface area contributed by atoms with Crippen molar-refractivity contribution in [2.45, 2.75) is 6.42 Å². The van der Waals surface area contributed by atoms with E-state index in [1.165, 1.54) is 6.07 Å². The van der Waals surface area contributed by atoms with Crippen molar-refractivity contribution in [1.29, 1.82) is 0 Å². The number of hydrogen-bond donors (Lipinski definition) is 1. The third-order valence-corrected chi connectivity index (χ3v) is 2.20. The lowest BCUT2D eigenvalue weighted by atomic mass is 10.1. The number of fused-ring (bicyclic) bond motifs is 1. The van der Waals surface area contributed by atoms with Crippen LogP contribution in [-0.4, -0.2) is 6.54 Å². The number of nitrogens with one attached hydrogen (secondary N) is 1. The summed E-state index contributed by atoms with van der Waals surface area (Å²) in [4.78, 5) is 0. The van der Waals surface area contributed by atoms with E-state index in [9.17, 15) is 4.39 Å².